The van der Waals surface area contributed by atoms with Crippen LogP contribution in [-0.2, 0) is 0 Å². The normalized spacial score (nSPS) is 12.9. The van der Waals surface area contributed by atoms with Crippen molar-refractivity contribution in [1.82, 2.24) is 10.2 Å². The van der Waals surface area contributed by atoms with E-state index in [1.807, 2.05) is 6.20 Å². The van der Waals surface area contributed by atoms with E-state index in [1.54, 1.807) is 0 Å². The highest BCUT2D eigenvalue weighted by Crippen LogP contribution is 2.20. The third-order valence-electron chi connectivity index (χ3n) is 3.29. The third kappa shape index (κ3) is 5.34. The van der Waals surface area contributed by atoms with Gasteiger partial charge in [-0.1, -0.05) is 58.8 Å². The molecule has 1 rings (SSSR count). The fraction of sp³-hybridized carbons (Fsp3) is 0.786. The highest BCUT2D eigenvalue weighted by Gasteiger charge is 2.05. The number of hydrogen-bond acceptors (Lipinski definition) is 1. The van der Waals surface area contributed by atoms with Crippen molar-refractivity contribution in [2.75, 3.05) is 0 Å². The maximum Gasteiger partial charge on any atom is 0.0490 e. The maximum absolute atomic E-state index is 4.00. The van der Waals surface area contributed by atoms with E-state index in [0.717, 1.165) is 0 Å². The minimum Gasteiger partial charge on any atom is -0.282 e. The van der Waals surface area contributed by atoms with Crippen molar-refractivity contribution in [3.8, 4) is 0 Å². The lowest BCUT2D eigenvalue weighted by atomic mass is 9.99. The standard InChI is InChI=1S/C14H26N2/c1-3-4-5-6-7-8-9-10-13(2)14-11-12-15-16-14/h11-13H,3-10H2,1-2H3,(H,15,16). The first-order valence-electron chi connectivity index (χ1n) is 6.84. The average molecular weight is 222 g/mol. The zero-order valence-corrected chi connectivity index (χ0v) is 10.8. The molecule has 1 N–H and O–H groups in total. The molecule has 0 aliphatic heterocycles. The van der Waals surface area contributed by atoms with Crippen LogP contribution < -0.4 is 0 Å². The molecule has 92 valence electrons. The predicted octanol–water partition coefficient (Wildman–Crippen LogP) is 4.65. The molecule has 0 saturated heterocycles. The number of H-pyrrole nitrogens is 1. The molecule has 2 heteroatoms. The van der Waals surface area contributed by atoms with Crippen molar-refractivity contribution in [3.63, 3.8) is 0 Å². The molecule has 16 heavy (non-hydrogen) atoms. The van der Waals surface area contributed by atoms with E-state index in [2.05, 4.69) is 30.1 Å². The lowest BCUT2D eigenvalue weighted by Gasteiger charge is -2.08. The second-order valence-electron chi connectivity index (χ2n) is 4.82. The summed E-state index contributed by atoms with van der Waals surface area (Å²) in [6.45, 7) is 4.55. The fourth-order valence-electron chi connectivity index (χ4n) is 2.10. The quantitative estimate of drug-likeness (QED) is 0.605. The predicted molar refractivity (Wildman–Crippen MR) is 69.6 cm³/mol. The van der Waals surface area contributed by atoms with Crippen LogP contribution in [0.25, 0.3) is 0 Å². The Morgan fingerprint density at radius 2 is 1.81 bits per heavy atom. The molecule has 0 saturated carbocycles. The summed E-state index contributed by atoms with van der Waals surface area (Å²) in [5.74, 6) is 0.637. The SMILES string of the molecule is CCCCCCCCCC(C)c1ccn[nH]1. The van der Waals surface area contributed by atoms with E-state index in [-0.39, 0.29) is 0 Å². The molecule has 0 amide bonds. The lowest BCUT2D eigenvalue weighted by molar-refractivity contribution is 0.544. The highest BCUT2D eigenvalue weighted by atomic mass is 15.1. The van der Waals surface area contributed by atoms with Gasteiger partial charge in [-0.3, -0.25) is 5.10 Å². The van der Waals surface area contributed by atoms with E-state index >= 15 is 0 Å². The number of unbranched alkanes of at least 4 members (excludes halogenated alkanes) is 6. The number of nitrogens with zero attached hydrogens (tertiary/aromatic N) is 1. The van der Waals surface area contributed by atoms with Gasteiger partial charge in [0.15, 0.2) is 0 Å². The smallest absolute Gasteiger partial charge is 0.0490 e. The molecule has 0 aromatic carbocycles. The van der Waals surface area contributed by atoms with Gasteiger partial charge in [0.25, 0.3) is 0 Å². The van der Waals surface area contributed by atoms with Crippen LogP contribution in [0.5, 0.6) is 0 Å². The summed E-state index contributed by atoms with van der Waals surface area (Å²) in [5.41, 5.74) is 1.28. The number of hydrogen-bond donors (Lipinski definition) is 1. The van der Waals surface area contributed by atoms with Crippen molar-refractivity contribution in [1.29, 1.82) is 0 Å². The monoisotopic (exact) mass is 222 g/mol. The lowest BCUT2D eigenvalue weighted by Crippen LogP contribution is -1.94. The topological polar surface area (TPSA) is 28.7 Å². The van der Waals surface area contributed by atoms with Crippen LogP contribution in [0.15, 0.2) is 12.3 Å². The van der Waals surface area contributed by atoms with Gasteiger partial charge in [-0.05, 0) is 18.4 Å². The van der Waals surface area contributed by atoms with Crippen LogP contribution in [0, 0.1) is 0 Å². The van der Waals surface area contributed by atoms with Gasteiger partial charge in [0.05, 0.1) is 0 Å². The molecule has 1 unspecified atom stereocenters. The van der Waals surface area contributed by atoms with E-state index < -0.39 is 0 Å². The zero-order chi connectivity index (χ0) is 11.6. The number of rotatable bonds is 9. The fourth-order valence-corrected chi connectivity index (χ4v) is 2.10. The molecule has 1 atom stereocenters. The Labute approximate surface area is 99.8 Å². The first-order valence-corrected chi connectivity index (χ1v) is 6.84. The summed E-state index contributed by atoms with van der Waals surface area (Å²) < 4.78 is 0. The molecule has 0 spiro atoms. The van der Waals surface area contributed by atoms with Crippen LogP contribution in [0.1, 0.15) is 76.8 Å². The van der Waals surface area contributed by atoms with Crippen LogP contribution in [0.4, 0.5) is 0 Å². The Morgan fingerprint density at radius 3 is 2.44 bits per heavy atom. The van der Waals surface area contributed by atoms with E-state index in [4.69, 9.17) is 0 Å². The first-order chi connectivity index (χ1) is 7.84. The largest absolute Gasteiger partial charge is 0.282 e. The van der Waals surface area contributed by atoms with Gasteiger partial charge in [0, 0.05) is 11.9 Å². The Kier molecular flexibility index (Phi) is 6.95. The van der Waals surface area contributed by atoms with Crippen LogP contribution in [0.2, 0.25) is 0 Å². The van der Waals surface area contributed by atoms with Gasteiger partial charge >= 0.3 is 0 Å². The molecule has 0 aliphatic carbocycles. The third-order valence-corrected chi connectivity index (χ3v) is 3.29. The van der Waals surface area contributed by atoms with Crippen molar-refractivity contribution >= 4 is 0 Å². The molecular formula is C14H26N2. The molecule has 1 heterocycles. The van der Waals surface area contributed by atoms with Crippen LogP contribution in [0.3, 0.4) is 0 Å². The summed E-state index contributed by atoms with van der Waals surface area (Å²) >= 11 is 0. The van der Waals surface area contributed by atoms with Gasteiger partial charge in [0.2, 0.25) is 0 Å². The maximum atomic E-state index is 4.00. The van der Waals surface area contributed by atoms with E-state index in [9.17, 15) is 0 Å². The Balaban J connectivity index is 1.95. The zero-order valence-electron chi connectivity index (χ0n) is 10.8. The van der Waals surface area contributed by atoms with Gasteiger partial charge in [-0.15, -0.1) is 0 Å². The Bertz CT molecular complexity index is 241. The van der Waals surface area contributed by atoms with E-state index in [1.165, 1.54) is 57.1 Å². The van der Waals surface area contributed by atoms with Crippen molar-refractivity contribution in [2.24, 2.45) is 0 Å². The first kappa shape index (κ1) is 13.3. The number of aromatic amines is 1. The molecule has 1 aromatic heterocycles. The van der Waals surface area contributed by atoms with Gasteiger partial charge in [0.1, 0.15) is 0 Å². The van der Waals surface area contributed by atoms with Crippen molar-refractivity contribution < 1.29 is 0 Å². The Hall–Kier alpha value is -0.790. The molecule has 1 aromatic rings. The summed E-state index contributed by atoms with van der Waals surface area (Å²) in [7, 11) is 0. The van der Waals surface area contributed by atoms with Crippen LogP contribution >= 0.6 is 0 Å². The molecule has 0 aliphatic rings. The number of nitrogens with one attached hydrogen (secondary N) is 1. The molecule has 0 radical (unpaired) electrons. The molecule has 0 bridgehead atoms. The second-order valence-corrected chi connectivity index (χ2v) is 4.82. The minimum absolute atomic E-state index is 0.637. The van der Waals surface area contributed by atoms with E-state index in [0.29, 0.717) is 5.92 Å². The van der Waals surface area contributed by atoms with Crippen LogP contribution in [-0.4, -0.2) is 10.2 Å². The summed E-state index contributed by atoms with van der Waals surface area (Å²) in [5, 5.41) is 7.05. The van der Waals surface area contributed by atoms with Gasteiger partial charge in [-0.25, -0.2) is 0 Å². The molecular weight excluding hydrogens is 196 g/mol. The van der Waals surface area contributed by atoms with Gasteiger partial charge < -0.3 is 0 Å². The molecule has 2 nitrogen and oxygen atoms in total. The highest BCUT2D eigenvalue weighted by molar-refractivity contribution is 5.03. The minimum atomic E-state index is 0.637. The summed E-state index contributed by atoms with van der Waals surface area (Å²) in [6.07, 6.45) is 12.9. The average Bonchev–Trinajstić information content (AvgIpc) is 2.81. The van der Waals surface area contributed by atoms with Crippen molar-refractivity contribution in [2.45, 2.75) is 71.1 Å². The number of aromatic nitrogens is 2. The Morgan fingerprint density at radius 1 is 1.12 bits per heavy atom. The van der Waals surface area contributed by atoms with Crippen molar-refractivity contribution in [3.05, 3.63) is 18.0 Å². The molecule has 0 fully saturated rings. The summed E-state index contributed by atoms with van der Waals surface area (Å²) in [6, 6.07) is 2.09. The summed E-state index contributed by atoms with van der Waals surface area (Å²) in [4.78, 5) is 0. The van der Waals surface area contributed by atoms with Gasteiger partial charge in [-0.2, -0.15) is 5.10 Å². The second kappa shape index (κ2) is 8.37.